The molecule has 0 atom stereocenters. The highest BCUT2D eigenvalue weighted by atomic mass is 16.2. The number of carbonyl (C=O) groups excluding carboxylic acids is 1. The molecule has 1 aromatic carbocycles. The lowest BCUT2D eigenvalue weighted by Gasteiger charge is -2.16. The third-order valence-electron chi connectivity index (χ3n) is 4.26. The van der Waals surface area contributed by atoms with Crippen LogP contribution in [0.3, 0.4) is 0 Å². The average molecular weight is 307 g/mol. The van der Waals surface area contributed by atoms with Gasteiger partial charge in [0, 0.05) is 11.9 Å². The second-order valence-electron chi connectivity index (χ2n) is 6.02. The first kappa shape index (κ1) is 15.4. The van der Waals surface area contributed by atoms with Gasteiger partial charge in [-0.15, -0.1) is 0 Å². The van der Waals surface area contributed by atoms with E-state index in [1.54, 1.807) is 12.3 Å². The lowest BCUT2D eigenvalue weighted by molar-refractivity contribution is 0.0954. The minimum absolute atomic E-state index is 0.241. The molecule has 0 saturated heterocycles. The van der Waals surface area contributed by atoms with E-state index in [-0.39, 0.29) is 5.91 Å². The maximum Gasteiger partial charge on any atom is 0.272 e. The molecule has 118 valence electrons. The van der Waals surface area contributed by atoms with Crippen LogP contribution in [0.4, 0.5) is 0 Å². The molecule has 0 bridgehead atoms. The van der Waals surface area contributed by atoms with Gasteiger partial charge in [0.1, 0.15) is 0 Å². The van der Waals surface area contributed by atoms with Crippen molar-refractivity contribution in [2.24, 2.45) is 5.10 Å². The summed E-state index contributed by atoms with van der Waals surface area (Å²) in [5.74, 6) is -0.241. The largest absolute Gasteiger partial charge is 0.272 e. The molecule has 0 spiro atoms. The number of hydrogen-bond acceptors (Lipinski definition) is 3. The van der Waals surface area contributed by atoms with Crippen LogP contribution in [0.1, 0.15) is 52.5 Å². The molecule has 1 aromatic heterocycles. The standard InChI is InChI=1S/C19H21N3O/c1-13-7-8-18(12-20-13)19(23)22-21-14(2)16-10-9-15-5-3-4-6-17(15)11-16/h7-12H,3-6H2,1-2H3,(H,22,23). The molecule has 4 heteroatoms. The SMILES string of the molecule is CC(=NNC(=O)c1ccc(C)nc1)c1ccc2c(c1)CCCC2. The smallest absolute Gasteiger partial charge is 0.267 e. The number of amides is 1. The Morgan fingerprint density at radius 3 is 2.57 bits per heavy atom. The van der Waals surface area contributed by atoms with Crippen LogP contribution in [-0.4, -0.2) is 16.6 Å². The maximum absolute atomic E-state index is 12.1. The van der Waals surface area contributed by atoms with Gasteiger partial charge in [0.05, 0.1) is 11.3 Å². The first-order valence-corrected chi connectivity index (χ1v) is 8.03. The van der Waals surface area contributed by atoms with Gasteiger partial charge >= 0.3 is 0 Å². The summed E-state index contributed by atoms with van der Waals surface area (Å²) in [6, 6.07) is 10.0. The summed E-state index contributed by atoms with van der Waals surface area (Å²) >= 11 is 0. The van der Waals surface area contributed by atoms with Crippen LogP contribution in [0.5, 0.6) is 0 Å². The molecule has 23 heavy (non-hydrogen) atoms. The van der Waals surface area contributed by atoms with Gasteiger partial charge < -0.3 is 0 Å². The van der Waals surface area contributed by atoms with Gasteiger partial charge in [-0.1, -0.05) is 12.1 Å². The molecule has 1 aliphatic rings. The van der Waals surface area contributed by atoms with Crippen LogP contribution < -0.4 is 5.43 Å². The zero-order valence-electron chi connectivity index (χ0n) is 13.6. The summed E-state index contributed by atoms with van der Waals surface area (Å²) in [6.45, 7) is 3.80. The quantitative estimate of drug-likeness (QED) is 0.698. The van der Waals surface area contributed by atoms with Crippen LogP contribution in [0.25, 0.3) is 0 Å². The van der Waals surface area contributed by atoms with E-state index in [1.807, 2.05) is 19.9 Å². The van der Waals surface area contributed by atoms with Crippen molar-refractivity contribution in [3.05, 3.63) is 64.5 Å². The molecule has 0 unspecified atom stereocenters. The van der Waals surface area contributed by atoms with E-state index in [2.05, 4.69) is 33.7 Å². The Morgan fingerprint density at radius 2 is 1.83 bits per heavy atom. The van der Waals surface area contributed by atoms with Gasteiger partial charge in [-0.05, 0) is 74.4 Å². The Bertz CT molecular complexity index is 748. The predicted octanol–water partition coefficient (Wildman–Crippen LogP) is 3.42. The van der Waals surface area contributed by atoms with Crippen molar-refractivity contribution in [3.8, 4) is 0 Å². The summed E-state index contributed by atoms with van der Waals surface area (Å²) in [5, 5.41) is 4.23. The first-order valence-electron chi connectivity index (χ1n) is 8.03. The number of carbonyl (C=O) groups is 1. The van der Waals surface area contributed by atoms with Crippen LogP contribution in [0, 0.1) is 6.92 Å². The molecule has 0 saturated carbocycles. The first-order chi connectivity index (χ1) is 11.1. The monoisotopic (exact) mass is 307 g/mol. The Labute approximate surface area is 136 Å². The van der Waals surface area contributed by atoms with Gasteiger partial charge in [0.2, 0.25) is 0 Å². The van der Waals surface area contributed by atoms with E-state index in [0.717, 1.165) is 23.4 Å². The van der Waals surface area contributed by atoms with Gasteiger partial charge in [0.15, 0.2) is 0 Å². The molecular weight excluding hydrogens is 286 g/mol. The maximum atomic E-state index is 12.1. The third-order valence-corrected chi connectivity index (χ3v) is 4.26. The summed E-state index contributed by atoms with van der Waals surface area (Å²) in [5.41, 5.74) is 8.74. The van der Waals surface area contributed by atoms with Crippen LogP contribution in [0.2, 0.25) is 0 Å². The number of aryl methyl sites for hydroxylation is 3. The van der Waals surface area contributed by atoms with E-state index in [9.17, 15) is 4.79 Å². The highest BCUT2D eigenvalue weighted by Crippen LogP contribution is 2.22. The van der Waals surface area contributed by atoms with Crippen LogP contribution >= 0.6 is 0 Å². The van der Waals surface area contributed by atoms with Gasteiger partial charge in [0.25, 0.3) is 5.91 Å². The van der Waals surface area contributed by atoms with Crippen molar-refractivity contribution in [3.63, 3.8) is 0 Å². The average Bonchev–Trinajstić information content (AvgIpc) is 2.59. The normalized spacial score (nSPS) is 14.3. The van der Waals surface area contributed by atoms with E-state index < -0.39 is 0 Å². The molecule has 0 fully saturated rings. The number of benzene rings is 1. The minimum atomic E-state index is -0.241. The van der Waals surface area contributed by atoms with Crippen molar-refractivity contribution in [1.82, 2.24) is 10.4 Å². The highest BCUT2D eigenvalue weighted by molar-refractivity contribution is 6.01. The molecule has 3 rings (SSSR count). The second-order valence-corrected chi connectivity index (χ2v) is 6.02. The molecule has 0 aliphatic heterocycles. The molecule has 1 aliphatic carbocycles. The Morgan fingerprint density at radius 1 is 1.09 bits per heavy atom. The van der Waals surface area contributed by atoms with Crippen molar-refractivity contribution >= 4 is 11.6 Å². The number of pyridine rings is 1. The van der Waals surface area contributed by atoms with E-state index >= 15 is 0 Å². The lowest BCUT2D eigenvalue weighted by Crippen LogP contribution is -2.19. The van der Waals surface area contributed by atoms with Gasteiger partial charge in [-0.3, -0.25) is 9.78 Å². The number of aromatic nitrogens is 1. The number of hydrogen-bond donors (Lipinski definition) is 1. The number of fused-ring (bicyclic) bond motifs is 1. The van der Waals surface area contributed by atoms with Crippen LogP contribution in [0.15, 0.2) is 41.6 Å². The highest BCUT2D eigenvalue weighted by Gasteiger charge is 2.11. The fraction of sp³-hybridized carbons (Fsp3) is 0.316. The molecular formula is C19H21N3O. The predicted molar refractivity (Wildman–Crippen MR) is 91.7 cm³/mol. The zero-order chi connectivity index (χ0) is 16.2. The zero-order valence-corrected chi connectivity index (χ0v) is 13.6. The summed E-state index contributed by atoms with van der Waals surface area (Å²) in [6.07, 6.45) is 6.40. The number of rotatable bonds is 3. The molecule has 1 N–H and O–H groups in total. The molecule has 1 heterocycles. The molecule has 2 aromatic rings. The summed E-state index contributed by atoms with van der Waals surface area (Å²) < 4.78 is 0. The number of hydrazone groups is 1. The topological polar surface area (TPSA) is 54.4 Å². The summed E-state index contributed by atoms with van der Waals surface area (Å²) in [7, 11) is 0. The third kappa shape index (κ3) is 3.65. The molecule has 4 nitrogen and oxygen atoms in total. The lowest BCUT2D eigenvalue weighted by atomic mass is 9.90. The second kappa shape index (κ2) is 6.73. The molecule has 0 radical (unpaired) electrons. The number of nitrogens with zero attached hydrogens (tertiary/aromatic N) is 2. The Balaban J connectivity index is 1.72. The van der Waals surface area contributed by atoms with E-state index in [4.69, 9.17) is 0 Å². The fourth-order valence-electron chi connectivity index (χ4n) is 2.82. The van der Waals surface area contributed by atoms with Crippen molar-refractivity contribution in [2.45, 2.75) is 39.5 Å². The van der Waals surface area contributed by atoms with Gasteiger partial charge in [-0.25, -0.2) is 5.43 Å². The van der Waals surface area contributed by atoms with Gasteiger partial charge in [-0.2, -0.15) is 5.10 Å². The molecule has 1 amide bonds. The fourth-order valence-corrected chi connectivity index (χ4v) is 2.82. The Kier molecular flexibility index (Phi) is 4.51. The van der Waals surface area contributed by atoms with Crippen molar-refractivity contribution < 1.29 is 4.79 Å². The van der Waals surface area contributed by atoms with Crippen LogP contribution in [-0.2, 0) is 12.8 Å². The summed E-state index contributed by atoms with van der Waals surface area (Å²) in [4.78, 5) is 16.2. The minimum Gasteiger partial charge on any atom is -0.267 e. The number of nitrogens with one attached hydrogen (secondary N) is 1. The van der Waals surface area contributed by atoms with E-state index in [1.165, 1.54) is 30.4 Å². The van der Waals surface area contributed by atoms with E-state index in [0.29, 0.717) is 5.56 Å². The Hall–Kier alpha value is -2.49. The van der Waals surface area contributed by atoms with Crippen molar-refractivity contribution in [1.29, 1.82) is 0 Å². The van der Waals surface area contributed by atoms with Crippen molar-refractivity contribution in [2.75, 3.05) is 0 Å².